The van der Waals surface area contributed by atoms with Crippen LogP contribution in [0.1, 0.15) is 21.6 Å². The van der Waals surface area contributed by atoms with Gasteiger partial charge in [-0.25, -0.2) is 9.48 Å². The second-order valence-corrected chi connectivity index (χ2v) is 5.80. The summed E-state index contributed by atoms with van der Waals surface area (Å²) in [5.41, 5.74) is 3.91. The maximum Gasteiger partial charge on any atom is 0.339 e. The maximum atomic E-state index is 11.7. The van der Waals surface area contributed by atoms with Gasteiger partial charge in [-0.15, -0.1) is 0 Å². The fraction of sp³-hybridized carbons (Fsp3) is 0.111. The molecule has 1 N–H and O–H groups in total. The van der Waals surface area contributed by atoms with Crippen LogP contribution in [0.3, 0.4) is 0 Å². The first-order valence-corrected chi connectivity index (χ1v) is 7.51. The van der Waals surface area contributed by atoms with Crippen LogP contribution in [0.2, 0.25) is 5.02 Å². The van der Waals surface area contributed by atoms with Crippen molar-refractivity contribution in [1.82, 2.24) is 9.78 Å². The molecule has 4 nitrogen and oxygen atoms in total. The zero-order valence-corrected chi connectivity index (χ0v) is 13.5. The van der Waals surface area contributed by atoms with E-state index < -0.39 is 5.97 Å². The van der Waals surface area contributed by atoms with Crippen LogP contribution < -0.4 is 0 Å². The summed E-state index contributed by atoms with van der Waals surface area (Å²) in [4.78, 5) is 11.7. The molecule has 0 unspecified atom stereocenters. The lowest BCUT2D eigenvalue weighted by atomic mass is 10.1. The molecule has 0 fully saturated rings. The molecule has 0 amide bonds. The first-order chi connectivity index (χ1) is 11.0. The van der Waals surface area contributed by atoms with Gasteiger partial charge in [0.2, 0.25) is 0 Å². The second kappa shape index (κ2) is 5.89. The molecular weight excluding hydrogens is 312 g/mol. The smallest absolute Gasteiger partial charge is 0.339 e. The van der Waals surface area contributed by atoms with Gasteiger partial charge in [0.1, 0.15) is 11.3 Å². The number of carboxylic acids is 1. The van der Waals surface area contributed by atoms with Crippen LogP contribution in [0.25, 0.3) is 16.9 Å². The predicted molar refractivity (Wildman–Crippen MR) is 90.4 cm³/mol. The molecular formula is C18H15ClN2O2. The van der Waals surface area contributed by atoms with Crippen molar-refractivity contribution in [3.8, 4) is 16.9 Å². The maximum absolute atomic E-state index is 11.7. The van der Waals surface area contributed by atoms with Crippen molar-refractivity contribution < 1.29 is 9.90 Å². The lowest BCUT2D eigenvalue weighted by Gasteiger charge is -2.04. The zero-order valence-electron chi connectivity index (χ0n) is 12.7. The van der Waals surface area contributed by atoms with E-state index in [4.69, 9.17) is 11.6 Å². The minimum atomic E-state index is -0.995. The number of hydrogen-bond donors (Lipinski definition) is 1. The highest BCUT2D eigenvalue weighted by Gasteiger charge is 2.22. The summed E-state index contributed by atoms with van der Waals surface area (Å²) in [6.07, 6.45) is 0. The Morgan fingerprint density at radius 1 is 1.04 bits per heavy atom. The zero-order chi connectivity index (χ0) is 16.6. The first kappa shape index (κ1) is 15.3. The number of aromatic carboxylic acids is 1. The van der Waals surface area contributed by atoms with E-state index >= 15 is 0 Å². The Hall–Kier alpha value is -2.59. The van der Waals surface area contributed by atoms with Crippen molar-refractivity contribution >= 4 is 17.6 Å². The molecule has 0 aliphatic rings. The van der Waals surface area contributed by atoms with E-state index in [-0.39, 0.29) is 5.56 Å². The van der Waals surface area contributed by atoms with Gasteiger partial charge in [0.15, 0.2) is 0 Å². The molecule has 0 saturated heterocycles. The lowest BCUT2D eigenvalue weighted by molar-refractivity contribution is 0.0697. The summed E-state index contributed by atoms with van der Waals surface area (Å²) < 4.78 is 1.66. The normalized spacial score (nSPS) is 10.7. The third kappa shape index (κ3) is 2.85. The number of aryl methyl sites for hydroxylation is 1. The van der Waals surface area contributed by atoms with Crippen molar-refractivity contribution in [3.63, 3.8) is 0 Å². The van der Waals surface area contributed by atoms with Gasteiger partial charge in [-0.3, -0.25) is 0 Å². The molecule has 23 heavy (non-hydrogen) atoms. The van der Waals surface area contributed by atoms with Gasteiger partial charge in [0, 0.05) is 10.6 Å². The van der Waals surface area contributed by atoms with Gasteiger partial charge in [-0.05, 0) is 38.1 Å². The molecule has 3 aromatic rings. The van der Waals surface area contributed by atoms with E-state index in [9.17, 15) is 9.90 Å². The molecule has 1 aromatic heterocycles. The summed E-state index contributed by atoms with van der Waals surface area (Å²) in [7, 11) is 0. The third-order valence-corrected chi connectivity index (χ3v) is 3.98. The lowest BCUT2D eigenvalue weighted by Crippen LogP contribution is -2.02. The van der Waals surface area contributed by atoms with Crippen LogP contribution in [0.4, 0.5) is 0 Å². The minimum absolute atomic E-state index is 0.202. The van der Waals surface area contributed by atoms with Crippen molar-refractivity contribution in [1.29, 1.82) is 0 Å². The molecule has 116 valence electrons. The Morgan fingerprint density at radius 2 is 1.65 bits per heavy atom. The van der Waals surface area contributed by atoms with Crippen LogP contribution in [0.15, 0.2) is 48.5 Å². The molecule has 1 heterocycles. The summed E-state index contributed by atoms with van der Waals surface area (Å²) in [5, 5.41) is 14.7. The number of rotatable bonds is 3. The molecule has 0 aliphatic heterocycles. The fourth-order valence-electron chi connectivity index (χ4n) is 2.51. The Morgan fingerprint density at radius 3 is 2.22 bits per heavy atom. The average molecular weight is 327 g/mol. The molecule has 0 radical (unpaired) electrons. The Kier molecular flexibility index (Phi) is 3.92. The largest absolute Gasteiger partial charge is 0.478 e. The monoisotopic (exact) mass is 326 g/mol. The van der Waals surface area contributed by atoms with E-state index in [0.717, 1.165) is 16.8 Å². The van der Waals surface area contributed by atoms with Crippen LogP contribution in [-0.4, -0.2) is 20.9 Å². The summed E-state index contributed by atoms with van der Waals surface area (Å²) in [6.45, 7) is 3.76. The summed E-state index contributed by atoms with van der Waals surface area (Å²) in [6, 6.07) is 14.8. The summed E-state index contributed by atoms with van der Waals surface area (Å²) in [5.74, 6) is -0.995. The Balaban J connectivity index is 2.20. The average Bonchev–Trinajstić information content (AvgIpc) is 2.86. The Bertz CT molecular complexity index is 865. The molecule has 2 aromatic carbocycles. The van der Waals surface area contributed by atoms with Gasteiger partial charge in [0.25, 0.3) is 0 Å². The highest BCUT2D eigenvalue weighted by Crippen LogP contribution is 2.28. The van der Waals surface area contributed by atoms with E-state index in [0.29, 0.717) is 16.4 Å². The number of halogens is 1. The third-order valence-electron chi connectivity index (χ3n) is 3.73. The fourth-order valence-corrected chi connectivity index (χ4v) is 2.63. The summed E-state index contributed by atoms with van der Waals surface area (Å²) >= 11 is 5.91. The standard InChI is InChI=1S/C18H15ClN2O2/c1-11-3-9-15(10-4-11)21-12(2)16(18(22)23)17(20-21)13-5-7-14(19)8-6-13/h3-10H,1-2H3,(H,22,23). The van der Waals surface area contributed by atoms with E-state index in [1.165, 1.54) is 0 Å². The topological polar surface area (TPSA) is 55.1 Å². The predicted octanol–water partition coefficient (Wildman–Crippen LogP) is 4.51. The van der Waals surface area contributed by atoms with Gasteiger partial charge < -0.3 is 5.11 Å². The second-order valence-electron chi connectivity index (χ2n) is 5.37. The molecule has 0 bridgehead atoms. The van der Waals surface area contributed by atoms with E-state index in [2.05, 4.69) is 5.10 Å². The molecule has 0 aliphatic carbocycles. The van der Waals surface area contributed by atoms with Crippen LogP contribution in [0.5, 0.6) is 0 Å². The molecule has 5 heteroatoms. The number of aromatic nitrogens is 2. The molecule has 3 rings (SSSR count). The van der Waals surface area contributed by atoms with Crippen LogP contribution in [0, 0.1) is 13.8 Å². The van der Waals surface area contributed by atoms with Gasteiger partial charge >= 0.3 is 5.97 Å². The minimum Gasteiger partial charge on any atom is -0.478 e. The number of carbonyl (C=O) groups is 1. The molecule has 0 saturated carbocycles. The Labute approximate surface area is 139 Å². The van der Waals surface area contributed by atoms with Gasteiger partial charge in [0.05, 0.1) is 11.4 Å². The number of carboxylic acid groups (broad SMARTS) is 1. The number of nitrogens with zero attached hydrogens (tertiary/aromatic N) is 2. The highest BCUT2D eigenvalue weighted by molar-refractivity contribution is 6.30. The van der Waals surface area contributed by atoms with Crippen molar-refractivity contribution in [3.05, 3.63) is 70.4 Å². The highest BCUT2D eigenvalue weighted by atomic mass is 35.5. The SMILES string of the molecule is Cc1ccc(-n2nc(-c3ccc(Cl)cc3)c(C(=O)O)c2C)cc1. The number of benzene rings is 2. The van der Waals surface area contributed by atoms with Crippen molar-refractivity contribution in [2.24, 2.45) is 0 Å². The van der Waals surface area contributed by atoms with Gasteiger partial charge in [-0.1, -0.05) is 41.4 Å². The van der Waals surface area contributed by atoms with Crippen LogP contribution >= 0.6 is 11.6 Å². The first-order valence-electron chi connectivity index (χ1n) is 7.13. The quantitative estimate of drug-likeness (QED) is 0.770. The van der Waals surface area contributed by atoms with E-state index in [1.807, 2.05) is 31.2 Å². The van der Waals surface area contributed by atoms with Gasteiger partial charge in [-0.2, -0.15) is 5.10 Å². The van der Waals surface area contributed by atoms with Crippen molar-refractivity contribution in [2.75, 3.05) is 0 Å². The van der Waals surface area contributed by atoms with Crippen molar-refractivity contribution in [2.45, 2.75) is 13.8 Å². The van der Waals surface area contributed by atoms with Crippen LogP contribution in [-0.2, 0) is 0 Å². The van der Waals surface area contributed by atoms with E-state index in [1.54, 1.807) is 35.9 Å². The molecule has 0 spiro atoms. The number of hydrogen-bond acceptors (Lipinski definition) is 2. The molecule has 0 atom stereocenters.